The molecule has 0 N–H and O–H groups in total. The number of halogens is 1. The van der Waals surface area contributed by atoms with Crippen LogP contribution in [-0.2, 0) is 6.54 Å². The molecule has 1 heterocycles. The third-order valence-corrected chi connectivity index (χ3v) is 3.05. The summed E-state index contributed by atoms with van der Waals surface area (Å²) < 4.78 is 0.532. The Labute approximate surface area is 107 Å². The van der Waals surface area contributed by atoms with Gasteiger partial charge in [0.05, 0.1) is 6.54 Å². The van der Waals surface area contributed by atoms with Crippen molar-refractivity contribution in [1.29, 1.82) is 0 Å². The lowest BCUT2D eigenvalue weighted by molar-refractivity contribution is 0.211. The van der Waals surface area contributed by atoms with Crippen LogP contribution in [-0.4, -0.2) is 28.2 Å². The zero-order chi connectivity index (χ0) is 12.1. The first-order valence-electron chi connectivity index (χ1n) is 5.67. The third kappa shape index (κ3) is 5.23. The Bertz CT molecular complexity index is 302. The Kier molecular flexibility index (Phi) is 5.66. The van der Waals surface area contributed by atoms with E-state index in [1.807, 2.05) is 0 Å². The van der Waals surface area contributed by atoms with Crippen molar-refractivity contribution in [2.75, 3.05) is 13.1 Å². The molecule has 0 radical (unpaired) electrons. The summed E-state index contributed by atoms with van der Waals surface area (Å²) in [6, 6.07) is 0. The van der Waals surface area contributed by atoms with Crippen molar-refractivity contribution in [2.45, 2.75) is 34.2 Å². The highest BCUT2D eigenvalue weighted by molar-refractivity contribution is 7.15. The molecule has 0 spiro atoms. The minimum absolute atomic E-state index is 0.532. The molecule has 0 aliphatic carbocycles. The lowest BCUT2D eigenvalue weighted by atomic mass is 10.1. The summed E-state index contributed by atoms with van der Waals surface area (Å²) in [6.45, 7) is 12.0. The molecule has 1 rings (SSSR count). The molecule has 0 bridgehead atoms. The molecule has 1 aromatic rings. The predicted molar refractivity (Wildman–Crippen MR) is 69.9 cm³/mol. The van der Waals surface area contributed by atoms with Gasteiger partial charge in [0.15, 0.2) is 0 Å². The SMILES string of the molecule is CC(C)CN(Cc1nnc(Cl)s1)CC(C)C. The van der Waals surface area contributed by atoms with E-state index >= 15 is 0 Å². The average Bonchev–Trinajstić information content (AvgIpc) is 2.48. The van der Waals surface area contributed by atoms with Crippen LogP contribution < -0.4 is 0 Å². The lowest BCUT2D eigenvalue weighted by Gasteiger charge is -2.24. The van der Waals surface area contributed by atoms with Gasteiger partial charge in [-0.3, -0.25) is 4.90 Å². The van der Waals surface area contributed by atoms with Crippen LogP contribution in [0.3, 0.4) is 0 Å². The highest BCUT2D eigenvalue weighted by Crippen LogP contribution is 2.17. The smallest absolute Gasteiger partial charge is 0.207 e. The van der Waals surface area contributed by atoms with E-state index in [0.29, 0.717) is 16.3 Å². The van der Waals surface area contributed by atoms with Crippen LogP contribution in [0, 0.1) is 11.8 Å². The number of hydrogen-bond donors (Lipinski definition) is 0. The van der Waals surface area contributed by atoms with E-state index in [-0.39, 0.29) is 0 Å². The molecule has 0 aliphatic rings. The molecular formula is C11H20ClN3S. The van der Waals surface area contributed by atoms with Crippen molar-refractivity contribution in [1.82, 2.24) is 15.1 Å². The molecule has 0 atom stereocenters. The predicted octanol–water partition coefficient (Wildman–Crippen LogP) is 3.31. The van der Waals surface area contributed by atoms with Gasteiger partial charge in [0.2, 0.25) is 4.47 Å². The number of rotatable bonds is 6. The summed E-state index contributed by atoms with van der Waals surface area (Å²) >= 11 is 7.25. The van der Waals surface area contributed by atoms with Gasteiger partial charge in [0.25, 0.3) is 0 Å². The minimum Gasteiger partial charge on any atom is -0.296 e. The van der Waals surface area contributed by atoms with E-state index < -0.39 is 0 Å². The van der Waals surface area contributed by atoms with Crippen LogP contribution in [0.15, 0.2) is 0 Å². The summed E-state index contributed by atoms with van der Waals surface area (Å²) in [5.74, 6) is 1.34. The molecule has 0 saturated carbocycles. The Morgan fingerprint density at radius 1 is 1.12 bits per heavy atom. The van der Waals surface area contributed by atoms with Gasteiger partial charge in [-0.15, -0.1) is 10.2 Å². The fourth-order valence-electron chi connectivity index (χ4n) is 1.72. The van der Waals surface area contributed by atoms with E-state index in [4.69, 9.17) is 11.6 Å². The molecule has 16 heavy (non-hydrogen) atoms. The van der Waals surface area contributed by atoms with Crippen molar-refractivity contribution >= 4 is 22.9 Å². The fourth-order valence-corrected chi connectivity index (χ4v) is 2.63. The number of hydrogen-bond acceptors (Lipinski definition) is 4. The monoisotopic (exact) mass is 261 g/mol. The molecule has 5 heteroatoms. The Morgan fingerprint density at radius 3 is 2.06 bits per heavy atom. The topological polar surface area (TPSA) is 29.0 Å². The normalized spacial score (nSPS) is 12.0. The standard InChI is InChI=1S/C11H20ClN3S/c1-8(2)5-15(6-9(3)4)7-10-13-14-11(12)16-10/h8-9H,5-7H2,1-4H3. The van der Waals surface area contributed by atoms with Crippen molar-refractivity contribution in [2.24, 2.45) is 11.8 Å². The van der Waals surface area contributed by atoms with E-state index in [1.54, 1.807) is 0 Å². The summed E-state index contributed by atoms with van der Waals surface area (Å²) in [5, 5.41) is 8.91. The van der Waals surface area contributed by atoms with E-state index in [9.17, 15) is 0 Å². The number of aromatic nitrogens is 2. The average molecular weight is 262 g/mol. The maximum Gasteiger partial charge on any atom is 0.207 e. The summed E-state index contributed by atoms with van der Waals surface area (Å²) in [7, 11) is 0. The molecular weight excluding hydrogens is 242 g/mol. The fraction of sp³-hybridized carbons (Fsp3) is 0.818. The summed E-state index contributed by atoms with van der Waals surface area (Å²) in [4.78, 5) is 2.42. The van der Waals surface area contributed by atoms with E-state index in [0.717, 1.165) is 24.6 Å². The molecule has 0 fully saturated rings. The van der Waals surface area contributed by atoms with Gasteiger partial charge in [0.1, 0.15) is 5.01 Å². The van der Waals surface area contributed by atoms with Crippen molar-refractivity contribution in [3.05, 3.63) is 9.47 Å². The third-order valence-electron chi connectivity index (χ3n) is 2.05. The van der Waals surface area contributed by atoms with E-state index in [1.165, 1.54) is 11.3 Å². The first-order chi connectivity index (χ1) is 7.47. The highest BCUT2D eigenvalue weighted by atomic mass is 35.5. The van der Waals surface area contributed by atoms with Crippen LogP contribution in [0.2, 0.25) is 4.47 Å². The highest BCUT2D eigenvalue weighted by Gasteiger charge is 2.12. The molecule has 0 aliphatic heterocycles. The lowest BCUT2D eigenvalue weighted by Crippen LogP contribution is -2.30. The van der Waals surface area contributed by atoms with Gasteiger partial charge in [-0.05, 0) is 23.4 Å². The zero-order valence-electron chi connectivity index (χ0n) is 10.4. The Morgan fingerprint density at radius 2 is 1.69 bits per heavy atom. The zero-order valence-corrected chi connectivity index (χ0v) is 12.0. The molecule has 0 unspecified atom stereocenters. The summed E-state index contributed by atoms with van der Waals surface area (Å²) in [5.41, 5.74) is 0. The second-order valence-corrected chi connectivity index (χ2v) is 6.57. The molecule has 0 saturated heterocycles. The quantitative estimate of drug-likeness (QED) is 0.787. The second-order valence-electron chi connectivity index (χ2n) is 4.93. The maximum atomic E-state index is 5.78. The first-order valence-corrected chi connectivity index (χ1v) is 6.87. The summed E-state index contributed by atoms with van der Waals surface area (Å²) in [6.07, 6.45) is 0. The largest absolute Gasteiger partial charge is 0.296 e. The van der Waals surface area contributed by atoms with Gasteiger partial charge >= 0.3 is 0 Å². The molecule has 92 valence electrons. The minimum atomic E-state index is 0.532. The van der Waals surface area contributed by atoms with Gasteiger partial charge in [-0.1, -0.05) is 39.0 Å². The Balaban J connectivity index is 2.55. The van der Waals surface area contributed by atoms with E-state index in [2.05, 4.69) is 42.8 Å². The van der Waals surface area contributed by atoms with Crippen molar-refractivity contribution in [3.8, 4) is 0 Å². The van der Waals surface area contributed by atoms with Crippen LogP contribution in [0.25, 0.3) is 0 Å². The molecule has 3 nitrogen and oxygen atoms in total. The maximum absolute atomic E-state index is 5.78. The van der Waals surface area contributed by atoms with Gasteiger partial charge < -0.3 is 0 Å². The first kappa shape index (κ1) is 13.9. The van der Waals surface area contributed by atoms with Crippen LogP contribution in [0.5, 0.6) is 0 Å². The van der Waals surface area contributed by atoms with Crippen molar-refractivity contribution < 1.29 is 0 Å². The van der Waals surface area contributed by atoms with Gasteiger partial charge in [-0.2, -0.15) is 0 Å². The van der Waals surface area contributed by atoms with Crippen LogP contribution >= 0.6 is 22.9 Å². The van der Waals surface area contributed by atoms with Gasteiger partial charge in [-0.25, -0.2) is 0 Å². The Hall–Kier alpha value is -0.190. The second kappa shape index (κ2) is 6.52. The molecule has 1 aromatic heterocycles. The molecule has 0 amide bonds. The van der Waals surface area contributed by atoms with Crippen molar-refractivity contribution in [3.63, 3.8) is 0 Å². The number of nitrogens with zero attached hydrogens (tertiary/aromatic N) is 3. The van der Waals surface area contributed by atoms with Crippen LogP contribution in [0.4, 0.5) is 0 Å². The van der Waals surface area contributed by atoms with Gasteiger partial charge in [0, 0.05) is 13.1 Å². The molecule has 0 aromatic carbocycles. The van der Waals surface area contributed by atoms with Crippen LogP contribution in [0.1, 0.15) is 32.7 Å².